The summed E-state index contributed by atoms with van der Waals surface area (Å²) >= 11 is 0. The molecule has 4 heteroatoms. The number of hydrogen-bond acceptors (Lipinski definition) is 2. The van der Waals surface area contributed by atoms with Gasteiger partial charge >= 0.3 is 0 Å². The largest absolute Gasteiger partial charge is 0.215 e. The van der Waals surface area contributed by atoms with Gasteiger partial charge in [0, 0.05) is 6.54 Å². The van der Waals surface area contributed by atoms with Crippen LogP contribution >= 0.6 is 0 Å². The summed E-state index contributed by atoms with van der Waals surface area (Å²) in [5.74, 6) is 0.312. The van der Waals surface area contributed by atoms with Gasteiger partial charge in [-0.15, -0.1) is 0 Å². The van der Waals surface area contributed by atoms with Gasteiger partial charge in [0.15, 0.2) is 0 Å². The molecule has 1 N–H and O–H groups in total. The van der Waals surface area contributed by atoms with Crippen molar-refractivity contribution in [2.24, 2.45) is 0 Å². The van der Waals surface area contributed by atoms with Gasteiger partial charge in [-0.1, -0.05) is 14.9 Å². The van der Waals surface area contributed by atoms with E-state index >= 15 is 0 Å². The highest BCUT2D eigenvalue weighted by molar-refractivity contribution is 7.89. The second-order valence-corrected chi connectivity index (χ2v) is 3.85. The van der Waals surface area contributed by atoms with E-state index in [1.807, 2.05) is 0 Å². The average molecular weight is 167 g/mol. The van der Waals surface area contributed by atoms with Crippen LogP contribution < -0.4 is 4.72 Å². The molecule has 0 aromatic rings. The summed E-state index contributed by atoms with van der Waals surface area (Å²) in [4.78, 5) is 0. The van der Waals surface area contributed by atoms with Crippen molar-refractivity contribution in [3.05, 3.63) is 0 Å². The molecule has 1 saturated heterocycles. The molecule has 1 aliphatic rings. The number of rotatable bonds is 0. The van der Waals surface area contributed by atoms with Crippen molar-refractivity contribution in [1.29, 1.82) is 0 Å². The summed E-state index contributed by atoms with van der Waals surface area (Å²) < 4.78 is 23.5. The third-order valence-electron chi connectivity index (χ3n) is 1.16. The smallest absolute Gasteiger partial charge is 0.211 e. The summed E-state index contributed by atoms with van der Waals surface area (Å²) in [6.45, 7) is 0.627. The van der Waals surface area contributed by atoms with Crippen LogP contribution in [0.25, 0.3) is 0 Å². The first-order valence-electron chi connectivity index (χ1n) is 2.68. The Kier molecular flexibility index (Phi) is 5.89. The first-order chi connectivity index (χ1) is 3.71. The van der Waals surface area contributed by atoms with Crippen LogP contribution in [0.2, 0.25) is 0 Å². The minimum Gasteiger partial charge on any atom is -0.215 e. The molecule has 1 fully saturated rings. The van der Waals surface area contributed by atoms with Crippen molar-refractivity contribution in [2.75, 3.05) is 12.3 Å². The summed E-state index contributed by atoms with van der Waals surface area (Å²) in [7, 11) is -2.83. The van der Waals surface area contributed by atoms with E-state index in [-0.39, 0.29) is 14.9 Å². The highest BCUT2D eigenvalue weighted by atomic mass is 32.2. The molecule has 0 bridgehead atoms. The molecule has 0 aromatic heterocycles. The molecular weight excluding hydrogens is 150 g/mol. The molecule has 1 heterocycles. The van der Waals surface area contributed by atoms with Gasteiger partial charge in [0.05, 0.1) is 5.75 Å². The van der Waals surface area contributed by atoms with Crippen LogP contribution in [-0.4, -0.2) is 20.7 Å². The van der Waals surface area contributed by atoms with Gasteiger partial charge in [0.1, 0.15) is 0 Å². The lowest BCUT2D eigenvalue weighted by atomic mass is 10.3. The number of hydrogen-bond donors (Lipinski definition) is 1. The first-order valence-corrected chi connectivity index (χ1v) is 4.33. The zero-order valence-corrected chi connectivity index (χ0v) is 5.37. The van der Waals surface area contributed by atoms with Crippen molar-refractivity contribution in [3.63, 3.8) is 0 Å². The van der Waals surface area contributed by atoms with Crippen molar-refractivity contribution in [2.45, 2.75) is 27.7 Å². The second-order valence-electron chi connectivity index (χ2n) is 1.92. The Bertz CT molecular complexity index is 151. The van der Waals surface area contributed by atoms with Gasteiger partial charge < -0.3 is 0 Å². The minimum absolute atomic E-state index is 0. The van der Waals surface area contributed by atoms with E-state index in [2.05, 4.69) is 4.72 Å². The first kappa shape index (κ1) is 12.6. The highest BCUT2D eigenvalue weighted by Crippen LogP contribution is 1.99. The lowest BCUT2D eigenvalue weighted by Gasteiger charge is -2.10. The summed E-state index contributed by atoms with van der Waals surface area (Å²) in [5.41, 5.74) is 0. The third kappa shape index (κ3) is 3.85. The Morgan fingerprint density at radius 2 is 1.70 bits per heavy atom. The lowest BCUT2D eigenvalue weighted by molar-refractivity contribution is 0.561. The molecule has 10 heavy (non-hydrogen) atoms. The van der Waals surface area contributed by atoms with Gasteiger partial charge in [0.25, 0.3) is 0 Å². The monoisotopic (exact) mass is 167 g/mol. The van der Waals surface area contributed by atoms with E-state index in [4.69, 9.17) is 0 Å². The van der Waals surface area contributed by atoms with Crippen LogP contribution in [0.1, 0.15) is 27.7 Å². The maximum atomic E-state index is 10.5. The molecule has 0 unspecified atom stereocenters. The van der Waals surface area contributed by atoms with E-state index in [1.165, 1.54) is 0 Å². The Morgan fingerprint density at radius 3 is 1.90 bits per heavy atom. The van der Waals surface area contributed by atoms with Gasteiger partial charge in [-0.05, 0) is 12.8 Å². The Labute approximate surface area is 63.9 Å². The van der Waals surface area contributed by atoms with Gasteiger partial charge in [-0.3, -0.25) is 0 Å². The predicted octanol–water partition coefficient (Wildman–Crippen LogP) is 0.972. The average Bonchev–Trinajstić information content (AvgIpc) is 1.65. The summed E-state index contributed by atoms with van der Waals surface area (Å²) in [6.07, 6.45) is 1.80. The van der Waals surface area contributed by atoms with Crippen LogP contribution in [0.5, 0.6) is 0 Å². The molecular formula is C6H17NO2S. The molecule has 0 atom stereocenters. The van der Waals surface area contributed by atoms with E-state index < -0.39 is 10.0 Å². The lowest BCUT2D eigenvalue weighted by Crippen LogP contribution is -2.31. The van der Waals surface area contributed by atoms with E-state index in [9.17, 15) is 8.42 Å². The van der Waals surface area contributed by atoms with Crippen LogP contribution in [0, 0.1) is 0 Å². The minimum atomic E-state index is -2.83. The summed E-state index contributed by atoms with van der Waals surface area (Å²) in [6, 6.07) is 0. The van der Waals surface area contributed by atoms with E-state index in [0.717, 1.165) is 12.8 Å². The molecule has 0 amide bonds. The number of sulfonamides is 1. The zero-order valence-electron chi connectivity index (χ0n) is 4.55. The van der Waals surface area contributed by atoms with Crippen LogP contribution in [0.4, 0.5) is 0 Å². The quantitative estimate of drug-likeness (QED) is 0.584. The Hall–Kier alpha value is -0.0900. The molecule has 64 valence electrons. The third-order valence-corrected chi connectivity index (χ3v) is 2.63. The summed E-state index contributed by atoms with van der Waals surface area (Å²) in [5, 5.41) is 0. The number of nitrogens with one attached hydrogen (secondary N) is 1. The van der Waals surface area contributed by atoms with E-state index in [1.54, 1.807) is 0 Å². The van der Waals surface area contributed by atoms with Crippen LogP contribution in [0.3, 0.4) is 0 Å². The van der Waals surface area contributed by atoms with Gasteiger partial charge in [-0.25, -0.2) is 13.1 Å². The normalized spacial score (nSPS) is 22.0. The van der Waals surface area contributed by atoms with Crippen molar-refractivity contribution in [3.8, 4) is 0 Å². The second kappa shape index (κ2) is 4.68. The Morgan fingerprint density at radius 1 is 1.10 bits per heavy atom. The topological polar surface area (TPSA) is 46.2 Å². The molecule has 0 aromatic carbocycles. The highest BCUT2D eigenvalue weighted by Gasteiger charge is 2.12. The van der Waals surface area contributed by atoms with Gasteiger partial charge in [-0.2, -0.15) is 0 Å². The SMILES string of the molecule is C.C.O=S1(=O)CCCCN1. The standard InChI is InChI=1S/C4H9NO2S.2CH4/c6-8(7)4-2-1-3-5-8;;/h5H,1-4H2;2*1H4. The van der Waals surface area contributed by atoms with Crippen LogP contribution in [0.15, 0.2) is 0 Å². The van der Waals surface area contributed by atoms with Gasteiger partial charge in [0.2, 0.25) is 10.0 Å². The Balaban J connectivity index is 0. The maximum absolute atomic E-state index is 10.5. The molecule has 1 rings (SSSR count). The fourth-order valence-corrected chi connectivity index (χ4v) is 1.90. The predicted molar refractivity (Wildman–Crippen MR) is 44.5 cm³/mol. The van der Waals surface area contributed by atoms with Crippen molar-refractivity contribution in [1.82, 2.24) is 4.72 Å². The van der Waals surface area contributed by atoms with Crippen molar-refractivity contribution >= 4 is 10.0 Å². The van der Waals surface area contributed by atoms with Crippen LogP contribution in [-0.2, 0) is 10.0 Å². The van der Waals surface area contributed by atoms with E-state index in [0.29, 0.717) is 12.3 Å². The van der Waals surface area contributed by atoms with Crippen molar-refractivity contribution < 1.29 is 8.42 Å². The fraction of sp³-hybridized carbons (Fsp3) is 1.00. The maximum Gasteiger partial charge on any atom is 0.211 e. The molecule has 3 nitrogen and oxygen atoms in total. The fourth-order valence-electron chi connectivity index (χ4n) is 0.717. The zero-order chi connectivity index (χ0) is 6.04. The molecule has 1 aliphatic heterocycles. The molecule has 0 radical (unpaired) electrons. The molecule has 0 aliphatic carbocycles. The molecule has 0 saturated carbocycles. The molecule has 0 spiro atoms.